The van der Waals surface area contributed by atoms with Crippen molar-refractivity contribution < 1.29 is 36.3 Å². The Morgan fingerprint density at radius 2 is 1.79 bits per heavy atom. The molecule has 12 heteroatoms. The van der Waals surface area contributed by atoms with Gasteiger partial charge in [-0.1, -0.05) is 6.07 Å². The van der Waals surface area contributed by atoms with E-state index >= 15 is 0 Å². The minimum atomic E-state index is -4.63. The normalized spacial score (nSPS) is 12.2. The summed E-state index contributed by atoms with van der Waals surface area (Å²) >= 11 is 0. The van der Waals surface area contributed by atoms with Crippen LogP contribution in [-0.2, 0) is 15.7 Å². The maximum absolute atomic E-state index is 13.7. The van der Waals surface area contributed by atoms with Gasteiger partial charge in [0.1, 0.15) is 11.6 Å². The number of amides is 1. The molecule has 0 aliphatic carbocycles. The van der Waals surface area contributed by atoms with Gasteiger partial charge in [-0.05, 0) is 44.2 Å². The molecule has 0 radical (unpaired) electrons. The van der Waals surface area contributed by atoms with E-state index < -0.39 is 58.2 Å². The van der Waals surface area contributed by atoms with Crippen LogP contribution in [0.15, 0.2) is 53.3 Å². The maximum atomic E-state index is 13.7. The first-order valence-corrected chi connectivity index (χ1v) is 9.62. The molecule has 1 atom stereocenters. The highest BCUT2D eigenvalue weighted by atomic mass is 19.4. The first-order valence-electron chi connectivity index (χ1n) is 9.62. The third-order valence-electron chi connectivity index (χ3n) is 4.56. The molecule has 3 aromatic rings. The van der Waals surface area contributed by atoms with E-state index in [1.807, 2.05) is 5.32 Å². The van der Waals surface area contributed by atoms with Gasteiger partial charge in [0.05, 0.1) is 16.9 Å². The van der Waals surface area contributed by atoms with E-state index in [-0.39, 0.29) is 11.4 Å². The summed E-state index contributed by atoms with van der Waals surface area (Å²) in [6.45, 7) is 2.51. The van der Waals surface area contributed by atoms with Gasteiger partial charge in [-0.25, -0.2) is 18.3 Å². The number of benzene rings is 2. The zero-order chi connectivity index (χ0) is 25.2. The molecule has 34 heavy (non-hydrogen) atoms. The topological polar surface area (TPSA) is 90.3 Å². The van der Waals surface area contributed by atoms with Crippen molar-refractivity contribution in [1.82, 2.24) is 9.78 Å². The highest BCUT2D eigenvalue weighted by Gasteiger charge is 2.31. The standard InChI is InChI=1S/C22H16F5N3O4/c1-11-8-18(31)19(29-30(11)15-5-3-4-13(9-15)22(25,26)27)21(33)34-12(2)20(32)28-17-10-14(23)6-7-16(17)24/h3-10,12H,1-2H3,(H,28,32). The van der Waals surface area contributed by atoms with Gasteiger partial charge in [0, 0.05) is 17.8 Å². The van der Waals surface area contributed by atoms with Gasteiger partial charge in [-0.3, -0.25) is 9.59 Å². The van der Waals surface area contributed by atoms with E-state index in [1.165, 1.54) is 13.0 Å². The molecule has 0 saturated carbocycles. The van der Waals surface area contributed by atoms with Gasteiger partial charge >= 0.3 is 12.1 Å². The maximum Gasteiger partial charge on any atom is 0.416 e. The highest BCUT2D eigenvalue weighted by molar-refractivity contribution is 5.96. The second-order valence-electron chi connectivity index (χ2n) is 7.12. The van der Waals surface area contributed by atoms with Crippen LogP contribution in [0.25, 0.3) is 5.69 Å². The predicted molar refractivity (Wildman–Crippen MR) is 109 cm³/mol. The summed E-state index contributed by atoms with van der Waals surface area (Å²) in [6.07, 6.45) is -6.19. The minimum Gasteiger partial charge on any atom is -0.448 e. The van der Waals surface area contributed by atoms with Gasteiger partial charge in [-0.2, -0.15) is 18.3 Å². The largest absolute Gasteiger partial charge is 0.448 e. The fourth-order valence-corrected chi connectivity index (χ4v) is 2.86. The number of rotatable bonds is 5. The van der Waals surface area contributed by atoms with Crippen molar-refractivity contribution in [2.24, 2.45) is 0 Å². The minimum absolute atomic E-state index is 0.0752. The summed E-state index contributed by atoms with van der Waals surface area (Å²) in [5, 5.41) is 5.86. The lowest BCUT2D eigenvalue weighted by Gasteiger charge is -2.15. The monoisotopic (exact) mass is 481 g/mol. The van der Waals surface area contributed by atoms with E-state index in [2.05, 4.69) is 5.10 Å². The van der Waals surface area contributed by atoms with Crippen LogP contribution in [0, 0.1) is 18.6 Å². The molecule has 1 heterocycles. The molecule has 1 amide bonds. The lowest BCUT2D eigenvalue weighted by atomic mass is 10.2. The van der Waals surface area contributed by atoms with Crippen LogP contribution in [0.3, 0.4) is 0 Å². The third kappa shape index (κ3) is 5.45. The lowest BCUT2D eigenvalue weighted by molar-refractivity contribution is -0.137. The van der Waals surface area contributed by atoms with Crippen LogP contribution in [0.4, 0.5) is 27.6 Å². The number of ether oxygens (including phenoxy) is 1. The molecule has 0 bridgehead atoms. The van der Waals surface area contributed by atoms with Gasteiger partial charge in [0.25, 0.3) is 5.91 Å². The van der Waals surface area contributed by atoms with Crippen molar-refractivity contribution in [3.8, 4) is 5.69 Å². The Morgan fingerprint density at radius 1 is 1.09 bits per heavy atom. The smallest absolute Gasteiger partial charge is 0.416 e. The van der Waals surface area contributed by atoms with Gasteiger partial charge in [-0.15, -0.1) is 0 Å². The lowest BCUT2D eigenvalue weighted by Crippen LogP contribution is -2.33. The van der Waals surface area contributed by atoms with Crippen LogP contribution >= 0.6 is 0 Å². The summed E-state index contributed by atoms with van der Waals surface area (Å²) in [4.78, 5) is 37.0. The number of alkyl halides is 3. The van der Waals surface area contributed by atoms with E-state index in [0.29, 0.717) is 0 Å². The average molecular weight is 481 g/mol. The molecule has 0 saturated heterocycles. The second-order valence-corrected chi connectivity index (χ2v) is 7.12. The zero-order valence-corrected chi connectivity index (χ0v) is 17.6. The van der Waals surface area contributed by atoms with Crippen LogP contribution in [-0.4, -0.2) is 27.8 Å². The Hall–Kier alpha value is -4.09. The molecule has 0 aliphatic heterocycles. The number of aromatic nitrogens is 2. The Morgan fingerprint density at radius 3 is 2.47 bits per heavy atom. The molecule has 7 nitrogen and oxygen atoms in total. The van der Waals surface area contributed by atoms with Crippen LogP contribution < -0.4 is 10.7 Å². The molecular formula is C22H16F5N3O4. The molecule has 178 valence electrons. The van der Waals surface area contributed by atoms with Crippen molar-refractivity contribution in [2.45, 2.75) is 26.1 Å². The summed E-state index contributed by atoms with van der Waals surface area (Å²) in [5.74, 6) is -4.12. The van der Waals surface area contributed by atoms with Crippen LogP contribution in [0.2, 0.25) is 0 Å². The second kappa shape index (κ2) is 9.41. The number of anilines is 1. The summed E-state index contributed by atoms with van der Waals surface area (Å²) < 4.78 is 71.9. The molecule has 2 aromatic carbocycles. The quantitative estimate of drug-likeness (QED) is 0.439. The molecule has 0 aliphatic rings. The van der Waals surface area contributed by atoms with Gasteiger partial charge < -0.3 is 10.1 Å². The number of nitrogens with zero attached hydrogens (tertiary/aromatic N) is 2. The number of nitrogens with one attached hydrogen (secondary N) is 1. The number of carbonyl (C=O) groups excluding carboxylic acids is 2. The molecular weight excluding hydrogens is 465 g/mol. The third-order valence-corrected chi connectivity index (χ3v) is 4.56. The number of esters is 1. The van der Waals surface area contributed by atoms with Crippen LogP contribution in [0.1, 0.15) is 28.7 Å². The van der Waals surface area contributed by atoms with E-state index in [1.54, 1.807) is 0 Å². The Balaban J connectivity index is 1.84. The first-order chi connectivity index (χ1) is 15.9. The van der Waals surface area contributed by atoms with Crippen LogP contribution in [0.5, 0.6) is 0 Å². The van der Waals surface area contributed by atoms with E-state index in [9.17, 15) is 36.3 Å². The molecule has 3 rings (SSSR count). The number of halogens is 5. The fourth-order valence-electron chi connectivity index (χ4n) is 2.86. The molecule has 0 spiro atoms. The highest BCUT2D eigenvalue weighted by Crippen LogP contribution is 2.30. The van der Waals surface area contributed by atoms with Crippen molar-refractivity contribution >= 4 is 17.6 Å². The first kappa shape index (κ1) is 24.6. The van der Waals surface area contributed by atoms with E-state index in [0.717, 1.165) is 54.1 Å². The van der Waals surface area contributed by atoms with Crippen molar-refractivity contribution in [3.05, 3.63) is 87.3 Å². The fraction of sp³-hybridized carbons (Fsp3) is 0.182. The Bertz CT molecular complexity index is 1320. The van der Waals surface area contributed by atoms with Crippen molar-refractivity contribution in [2.75, 3.05) is 5.32 Å². The van der Waals surface area contributed by atoms with E-state index in [4.69, 9.17) is 4.74 Å². The summed E-state index contributed by atoms with van der Waals surface area (Å²) in [5.41, 5.74) is -3.09. The number of carbonyl (C=O) groups is 2. The zero-order valence-electron chi connectivity index (χ0n) is 17.6. The molecule has 0 fully saturated rings. The van der Waals surface area contributed by atoms with Crippen molar-refractivity contribution in [3.63, 3.8) is 0 Å². The summed E-state index contributed by atoms with van der Waals surface area (Å²) in [7, 11) is 0. The SMILES string of the molecule is Cc1cc(=O)c(C(=O)OC(C)C(=O)Nc2cc(F)ccc2F)nn1-c1cccc(C(F)(F)F)c1. The Labute approximate surface area is 188 Å². The number of hydrogen-bond donors (Lipinski definition) is 1. The van der Waals surface area contributed by atoms with Gasteiger partial charge in [0.15, 0.2) is 6.10 Å². The molecule has 1 unspecified atom stereocenters. The molecule has 1 aromatic heterocycles. The summed E-state index contributed by atoms with van der Waals surface area (Å²) in [6, 6.07) is 7.36. The predicted octanol–water partition coefficient (Wildman–Crippen LogP) is 4.02. The van der Waals surface area contributed by atoms with Gasteiger partial charge in [0.2, 0.25) is 11.1 Å². The Kier molecular flexibility index (Phi) is 6.80. The molecule has 1 N–H and O–H groups in total. The van der Waals surface area contributed by atoms with Crippen molar-refractivity contribution in [1.29, 1.82) is 0 Å². The number of aryl methyl sites for hydroxylation is 1. The average Bonchev–Trinajstić information content (AvgIpc) is 2.75. The number of hydrogen-bond acceptors (Lipinski definition) is 5.